The number of rotatable bonds is 11. The first kappa shape index (κ1) is 31.5. The van der Waals surface area contributed by atoms with Crippen LogP contribution in [0.25, 0.3) is 6.08 Å². The van der Waals surface area contributed by atoms with Crippen molar-refractivity contribution < 1.29 is 63.5 Å². The molecule has 1 fully saturated rings. The topological polar surface area (TPSA) is 183 Å². The minimum atomic E-state index is -1.55. The molecule has 2 aromatic carbocycles. The van der Waals surface area contributed by atoms with Crippen LogP contribution in [0.1, 0.15) is 35.6 Å². The molecular formula is C29H36O13. The van der Waals surface area contributed by atoms with Crippen LogP contribution in [-0.2, 0) is 14.3 Å². The fraction of sp³-hybridized carbons (Fsp3) is 0.483. The standard InChI is InChI=1S/C29H36O13/c1-14(32)40-21-9-15(6-5-7-39-29-25(35)24(34)23(33)22(13-31)41-29)8-17-18(12-30)26(42-27(17)21)16-10-19(36-2)28(38-4)20(11-16)37-3/h5-6,8-11,18,22-26,29-31,33-35H,7,12-13H2,1-4H3/b6-5+/t18-,22-,23-,24+,25-,26+,29-/m1/s1. The van der Waals surface area contributed by atoms with Crippen molar-refractivity contribution in [2.24, 2.45) is 0 Å². The quantitative estimate of drug-likeness (QED) is 0.182. The van der Waals surface area contributed by atoms with E-state index in [2.05, 4.69) is 0 Å². The molecule has 0 aromatic heterocycles. The molecule has 4 rings (SSSR count). The number of aliphatic hydroxyl groups is 5. The summed E-state index contributed by atoms with van der Waals surface area (Å²) in [7, 11) is 4.48. The van der Waals surface area contributed by atoms with Crippen molar-refractivity contribution in [1.29, 1.82) is 0 Å². The van der Waals surface area contributed by atoms with E-state index in [1.807, 2.05) is 0 Å². The van der Waals surface area contributed by atoms with E-state index >= 15 is 0 Å². The molecule has 0 bridgehead atoms. The van der Waals surface area contributed by atoms with Gasteiger partial charge in [0.25, 0.3) is 0 Å². The van der Waals surface area contributed by atoms with Crippen molar-refractivity contribution in [3.63, 3.8) is 0 Å². The zero-order valence-corrected chi connectivity index (χ0v) is 23.6. The molecule has 2 aromatic rings. The molecule has 5 N–H and O–H groups in total. The largest absolute Gasteiger partial charge is 0.493 e. The Bertz CT molecular complexity index is 1250. The Labute approximate surface area is 242 Å². The minimum absolute atomic E-state index is 0.0728. The highest BCUT2D eigenvalue weighted by Gasteiger charge is 2.44. The highest BCUT2D eigenvalue weighted by molar-refractivity contribution is 5.73. The van der Waals surface area contributed by atoms with Crippen LogP contribution in [0.4, 0.5) is 0 Å². The highest BCUT2D eigenvalue weighted by Crippen LogP contribution is 2.52. The third kappa shape index (κ3) is 6.32. The number of methoxy groups -OCH3 is 3. The van der Waals surface area contributed by atoms with Crippen molar-refractivity contribution in [1.82, 2.24) is 0 Å². The van der Waals surface area contributed by atoms with E-state index in [1.165, 1.54) is 28.3 Å². The van der Waals surface area contributed by atoms with Crippen molar-refractivity contribution >= 4 is 12.0 Å². The van der Waals surface area contributed by atoms with Crippen LogP contribution in [0.15, 0.2) is 30.3 Å². The van der Waals surface area contributed by atoms with Crippen molar-refractivity contribution in [3.05, 3.63) is 47.0 Å². The van der Waals surface area contributed by atoms with Gasteiger partial charge in [-0.3, -0.25) is 4.79 Å². The lowest BCUT2D eigenvalue weighted by molar-refractivity contribution is -0.298. The Morgan fingerprint density at radius 3 is 2.17 bits per heavy atom. The van der Waals surface area contributed by atoms with Gasteiger partial charge >= 0.3 is 5.97 Å². The van der Waals surface area contributed by atoms with Gasteiger partial charge in [0.2, 0.25) is 5.75 Å². The number of carbonyl (C=O) groups is 1. The predicted octanol–water partition coefficient (Wildman–Crippen LogP) is 0.677. The Morgan fingerprint density at radius 1 is 0.905 bits per heavy atom. The maximum atomic E-state index is 11.9. The molecule has 1 saturated heterocycles. The molecule has 230 valence electrons. The minimum Gasteiger partial charge on any atom is -0.493 e. The van der Waals surface area contributed by atoms with Crippen molar-refractivity contribution in [2.75, 3.05) is 41.2 Å². The molecule has 0 amide bonds. The average molecular weight is 593 g/mol. The maximum absolute atomic E-state index is 11.9. The number of carbonyl (C=O) groups excluding carboxylic acids is 1. The summed E-state index contributed by atoms with van der Waals surface area (Å²) in [5.74, 6) is 0.567. The summed E-state index contributed by atoms with van der Waals surface area (Å²) >= 11 is 0. The van der Waals surface area contributed by atoms with Gasteiger partial charge in [0.05, 0.1) is 47.1 Å². The predicted molar refractivity (Wildman–Crippen MR) is 146 cm³/mol. The van der Waals surface area contributed by atoms with Gasteiger partial charge in [-0.1, -0.05) is 12.2 Å². The second kappa shape index (κ2) is 13.7. The summed E-state index contributed by atoms with van der Waals surface area (Å²) in [4.78, 5) is 11.9. The van der Waals surface area contributed by atoms with E-state index in [9.17, 15) is 30.3 Å². The summed E-state index contributed by atoms with van der Waals surface area (Å²) in [6, 6.07) is 6.83. The Hall–Kier alpha value is -3.43. The molecule has 13 heteroatoms. The Morgan fingerprint density at radius 2 is 1.60 bits per heavy atom. The Balaban J connectivity index is 1.59. The van der Waals surface area contributed by atoms with E-state index in [4.69, 9.17) is 33.2 Å². The molecule has 13 nitrogen and oxygen atoms in total. The monoisotopic (exact) mass is 592 g/mol. The van der Waals surface area contributed by atoms with Gasteiger partial charge in [-0.15, -0.1) is 0 Å². The molecule has 0 saturated carbocycles. The van der Waals surface area contributed by atoms with Crippen LogP contribution in [0.2, 0.25) is 0 Å². The third-order valence-corrected chi connectivity index (χ3v) is 7.10. The lowest BCUT2D eigenvalue weighted by Crippen LogP contribution is -2.59. The summed E-state index contributed by atoms with van der Waals surface area (Å²) in [5.41, 5.74) is 1.83. The van der Waals surface area contributed by atoms with Crippen LogP contribution in [0, 0.1) is 0 Å². The zero-order chi connectivity index (χ0) is 30.6. The number of ether oxygens (including phenoxy) is 7. The fourth-order valence-corrected chi connectivity index (χ4v) is 5.05. The zero-order valence-electron chi connectivity index (χ0n) is 23.6. The smallest absolute Gasteiger partial charge is 0.308 e. The van der Waals surface area contributed by atoms with E-state index in [-0.39, 0.29) is 19.0 Å². The molecule has 0 spiro atoms. The summed E-state index contributed by atoms with van der Waals surface area (Å²) < 4.78 is 38.9. The maximum Gasteiger partial charge on any atom is 0.308 e. The number of fused-ring (bicyclic) bond motifs is 1. The van der Waals surface area contributed by atoms with E-state index in [0.717, 1.165) is 0 Å². The van der Waals surface area contributed by atoms with E-state index in [0.29, 0.717) is 39.7 Å². The SMILES string of the molecule is COc1cc([C@@H]2Oc3c(OC(C)=O)cc(/C=C/CO[C@@H]4O[C@H](CO)[C@@H](O)[C@H](O)[C@H]4O)cc3[C@H]2CO)cc(OC)c1OC. The molecule has 7 atom stereocenters. The second-order valence-electron chi connectivity index (χ2n) is 9.75. The van der Waals surface area contributed by atoms with Gasteiger partial charge in [0, 0.05) is 18.1 Å². The van der Waals surface area contributed by atoms with Crippen LogP contribution >= 0.6 is 0 Å². The van der Waals surface area contributed by atoms with E-state index < -0.39 is 55.3 Å². The molecule has 42 heavy (non-hydrogen) atoms. The van der Waals surface area contributed by atoms with E-state index in [1.54, 1.807) is 36.4 Å². The highest BCUT2D eigenvalue weighted by atomic mass is 16.7. The first-order valence-electron chi connectivity index (χ1n) is 13.2. The summed E-state index contributed by atoms with van der Waals surface area (Å²) in [5, 5.41) is 49.8. The number of hydrogen-bond donors (Lipinski definition) is 5. The molecular weight excluding hydrogens is 556 g/mol. The van der Waals surface area contributed by atoms with Gasteiger partial charge in [-0.25, -0.2) is 0 Å². The second-order valence-corrected chi connectivity index (χ2v) is 9.75. The molecule has 0 radical (unpaired) electrons. The van der Waals surface area contributed by atoms with Crippen molar-refractivity contribution in [3.8, 4) is 28.7 Å². The van der Waals surface area contributed by atoms with Gasteiger partial charge in [-0.05, 0) is 29.8 Å². The lowest BCUT2D eigenvalue weighted by Gasteiger charge is -2.39. The van der Waals surface area contributed by atoms with Crippen LogP contribution in [-0.4, -0.2) is 103 Å². The molecule has 2 aliphatic rings. The van der Waals surface area contributed by atoms with Gasteiger partial charge in [0.1, 0.15) is 30.5 Å². The number of benzene rings is 2. The molecule has 2 aliphatic heterocycles. The van der Waals surface area contributed by atoms with Gasteiger partial charge in [-0.2, -0.15) is 0 Å². The van der Waals surface area contributed by atoms with Crippen LogP contribution < -0.4 is 23.7 Å². The Kier molecular flexibility index (Phi) is 10.3. The first-order valence-corrected chi connectivity index (χ1v) is 13.2. The van der Waals surface area contributed by atoms with Gasteiger partial charge in [0.15, 0.2) is 29.3 Å². The first-order chi connectivity index (χ1) is 20.2. The van der Waals surface area contributed by atoms with Crippen molar-refractivity contribution in [2.45, 2.75) is 49.7 Å². The number of esters is 1. The summed E-state index contributed by atoms with van der Waals surface area (Å²) in [6.45, 7) is 0.330. The molecule has 0 aliphatic carbocycles. The number of hydrogen-bond acceptors (Lipinski definition) is 13. The van der Waals surface area contributed by atoms with Gasteiger partial charge < -0.3 is 58.7 Å². The number of aliphatic hydroxyl groups excluding tert-OH is 5. The normalized spacial score (nSPS) is 26.9. The third-order valence-electron chi connectivity index (χ3n) is 7.10. The van der Waals surface area contributed by atoms with Crippen LogP contribution in [0.5, 0.6) is 28.7 Å². The average Bonchev–Trinajstić information content (AvgIpc) is 3.36. The molecule has 2 heterocycles. The lowest BCUT2D eigenvalue weighted by atomic mass is 9.90. The van der Waals surface area contributed by atoms with Crippen LogP contribution in [0.3, 0.4) is 0 Å². The molecule has 0 unspecified atom stereocenters. The fourth-order valence-electron chi connectivity index (χ4n) is 5.05. The summed E-state index contributed by atoms with van der Waals surface area (Å²) in [6.07, 6.45) is -4.36.